The van der Waals surface area contributed by atoms with E-state index in [9.17, 15) is 10.1 Å². The number of benzene rings is 3. The van der Waals surface area contributed by atoms with Crippen molar-refractivity contribution < 1.29 is 9.66 Å². The van der Waals surface area contributed by atoms with Gasteiger partial charge in [0, 0.05) is 17.3 Å². The molecule has 0 aliphatic heterocycles. The Kier molecular flexibility index (Phi) is 4.78. The Morgan fingerprint density at radius 1 is 0.897 bits per heavy atom. The Balaban J connectivity index is 1.96. The molecule has 4 aromatic rings. The molecule has 0 bridgehead atoms. The van der Waals surface area contributed by atoms with Gasteiger partial charge in [-0.3, -0.25) is 14.7 Å². The number of nitro benzene ring substituents is 1. The Hall–Kier alpha value is -4.00. The minimum Gasteiger partial charge on any atom is -0.497 e. The summed E-state index contributed by atoms with van der Waals surface area (Å²) in [6, 6.07) is 21.9. The Morgan fingerprint density at radius 3 is 2.21 bits per heavy atom. The van der Waals surface area contributed by atoms with Crippen molar-refractivity contribution in [1.29, 1.82) is 0 Å². The maximum atomic E-state index is 11.6. The molecule has 0 amide bonds. The molecule has 0 aliphatic carbocycles. The largest absolute Gasteiger partial charge is 0.497 e. The number of nitrogens with zero attached hydrogens (tertiary/aromatic N) is 4. The van der Waals surface area contributed by atoms with E-state index >= 15 is 0 Å². The van der Waals surface area contributed by atoms with E-state index in [2.05, 4.69) is 10.2 Å². The van der Waals surface area contributed by atoms with Crippen molar-refractivity contribution in [2.24, 2.45) is 0 Å². The van der Waals surface area contributed by atoms with Crippen LogP contribution in [0.5, 0.6) is 5.75 Å². The molecule has 4 rings (SSSR count). The molecular weight excluding hydrogens is 368 g/mol. The Morgan fingerprint density at radius 2 is 1.55 bits per heavy atom. The molecule has 0 unspecified atom stereocenters. The molecule has 7 heteroatoms. The highest BCUT2D eigenvalue weighted by Gasteiger charge is 2.23. The molecule has 0 atom stereocenters. The molecule has 0 fully saturated rings. The molecule has 0 spiro atoms. The van der Waals surface area contributed by atoms with E-state index in [-0.39, 0.29) is 5.69 Å². The predicted octanol–water partition coefficient (Wildman–Crippen LogP) is 4.83. The first-order chi connectivity index (χ1) is 14.1. The van der Waals surface area contributed by atoms with Crippen LogP contribution in [0.2, 0.25) is 0 Å². The second kappa shape index (κ2) is 7.55. The fourth-order valence-corrected chi connectivity index (χ4v) is 3.15. The average Bonchev–Trinajstić information content (AvgIpc) is 3.19. The van der Waals surface area contributed by atoms with Gasteiger partial charge in [-0.25, -0.2) is 0 Å². The first-order valence-corrected chi connectivity index (χ1v) is 8.99. The average molecular weight is 386 g/mol. The molecule has 0 aliphatic rings. The number of para-hydroxylation sites is 1. The van der Waals surface area contributed by atoms with Crippen molar-refractivity contribution in [3.8, 4) is 34.2 Å². The number of ether oxygens (including phenoxy) is 1. The number of aromatic nitrogens is 3. The number of hydrogen-bond acceptors (Lipinski definition) is 5. The summed E-state index contributed by atoms with van der Waals surface area (Å²) in [5.74, 6) is 1.73. The smallest absolute Gasteiger partial charge is 0.280 e. The zero-order valence-electron chi connectivity index (χ0n) is 15.9. The van der Waals surface area contributed by atoms with E-state index in [0.717, 1.165) is 22.6 Å². The summed E-state index contributed by atoms with van der Waals surface area (Å²) in [6.45, 7) is 2.00. The lowest BCUT2D eigenvalue weighted by Crippen LogP contribution is -2.02. The molecule has 7 nitrogen and oxygen atoms in total. The molecular formula is C22H18N4O3. The SMILES string of the molecule is COc1ccc(-c2nnc(-c3ccccc3[N+](=O)[O-])n2-c2ccc(C)cc2)cc1. The summed E-state index contributed by atoms with van der Waals surface area (Å²) < 4.78 is 7.07. The van der Waals surface area contributed by atoms with Crippen LogP contribution in [-0.2, 0) is 0 Å². The highest BCUT2D eigenvalue weighted by Crippen LogP contribution is 2.33. The standard InChI is InChI=1S/C22H18N4O3/c1-15-7-11-17(12-8-15)25-21(16-9-13-18(29-2)14-10-16)23-24-22(25)19-5-3-4-6-20(19)26(27)28/h3-14H,1-2H3. The molecule has 1 aromatic heterocycles. The van der Waals surface area contributed by atoms with Crippen LogP contribution < -0.4 is 4.74 Å². The van der Waals surface area contributed by atoms with Crippen LogP contribution in [0.4, 0.5) is 5.69 Å². The van der Waals surface area contributed by atoms with Gasteiger partial charge in [-0.15, -0.1) is 10.2 Å². The van der Waals surface area contributed by atoms with Crippen LogP contribution in [0, 0.1) is 17.0 Å². The second-order valence-electron chi connectivity index (χ2n) is 6.52. The van der Waals surface area contributed by atoms with E-state index < -0.39 is 4.92 Å². The third-order valence-electron chi connectivity index (χ3n) is 4.65. The molecule has 1 heterocycles. The summed E-state index contributed by atoms with van der Waals surface area (Å²) in [4.78, 5) is 11.2. The summed E-state index contributed by atoms with van der Waals surface area (Å²) in [5.41, 5.74) is 3.14. The van der Waals surface area contributed by atoms with E-state index in [0.29, 0.717) is 17.2 Å². The van der Waals surface area contributed by atoms with Gasteiger partial charge in [-0.1, -0.05) is 29.8 Å². The van der Waals surface area contributed by atoms with Crippen molar-refractivity contribution >= 4 is 5.69 Å². The van der Waals surface area contributed by atoms with Gasteiger partial charge in [0.05, 0.1) is 17.6 Å². The maximum Gasteiger partial charge on any atom is 0.280 e. The number of aryl methyl sites for hydroxylation is 1. The number of methoxy groups -OCH3 is 1. The van der Waals surface area contributed by atoms with Gasteiger partial charge in [0.2, 0.25) is 0 Å². The van der Waals surface area contributed by atoms with Gasteiger partial charge in [0.15, 0.2) is 11.6 Å². The zero-order valence-corrected chi connectivity index (χ0v) is 15.9. The minimum atomic E-state index is -0.406. The van der Waals surface area contributed by atoms with Crippen molar-refractivity contribution in [1.82, 2.24) is 14.8 Å². The summed E-state index contributed by atoms with van der Waals surface area (Å²) in [7, 11) is 1.61. The molecule has 0 radical (unpaired) electrons. The molecule has 144 valence electrons. The Labute approximate surface area is 167 Å². The van der Waals surface area contributed by atoms with E-state index in [1.807, 2.05) is 60.0 Å². The van der Waals surface area contributed by atoms with Crippen LogP contribution in [0.15, 0.2) is 72.8 Å². The van der Waals surface area contributed by atoms with Gasteiger partial charge < -0.3 is 4.74 Å². The van der Waals surface area contributed by atoms with Crippen LogP contribution >= 0.6 is 0 Å². The first kappa shape index (κ1) is 18.4. The minimum absolute atomic E-state index is 0.0189. The van der Waals surface area contributed by atoms with Gasteiger partial charge in [-0.05, 0) is 49.4 Å². The van der Waals surface area contributed by atoms with Gasteiger partial charge >= 0.3 is 0 Å². The third kappa shape index (κ3) is 3.45. The molecule has 29 heavy (non-hydrogen) atoms. The lowest BCUT2D eigenvalue weighted by Gasteiger charge is -2.12. The number of nitro groups is 1. The first-order valence-electron chi connectivity index (χ1n) is 8.99. The second-order valence-corrected chi connectivity index (χ2v) is 6.52. The van der Waals surface area contributed by atoms with Crippen molar-refractivity contribution in [2.75, 3.05) is 7.11 Å². The van der Waals surface area contributed by atoms with Gasteiger partial charge in [0.1, 0.15) is 5.75 Å². The number of rotatable bonds is 5. The van der Waals surface area contributed by atoms with Crippen LogP contribution in [0.25, 0.3) is 28.5 Å². The summed E-state index contributed by atoms with van der Waals surface area (Å²) >= 11 is 0. The fourth-order valence-electron chi connectivity index (χ4n) is 3.15. The van der Waals surface area contributed by atoms with Gasteiger partial charge in [0.25, 0.3) is 5.69 Å². The van der Waals surface area contributed by atoms with Crippen LogP contribution in [0.3, 0.4) is 0 Å². The third-order valence-corrected chi connectivity index (χ3v) is 4.65. The van der Waals surface area contributed by atoms with Crippen molar-refractivity contribution in [3.63, 3.8) is 0 Å². The zero-order chi connectivity index (χ0) is 20.4. The topological polar surface area (TPSA) is 83.1 Å². The molecule has 0 N–H and O–H groups in total. The maximum absolute atomic E-state index is 11.6. The highest BCUT2D eigenvalue weighted by molar-refractivity contribution is 5.73. The highest BCUT2D eigenvalue weighted by atomic mass is 16.6. The molecule has 3 aromatic carbocycles. The van der Waals surface area contributed by atoms with E-state index in [1.165, 1.54) is 6.07 Å². The number of hydrogen-bond donors (Lipinski definition) is 0. The van der Waals surface area contributed by atoms with Crippen molar-refractivity contribution in [3.05, 3.63) is 88.5 Å². The summed E-state index contributed by atoms with van der Waals surface area (Å²) in [6.07, 6.45) is 0. The summed E-state index contributed by atoms with van der Waals surface area (Å²) in [5, 5.41) is 20.3. The van der Waals surface area contributed by atoms with Gasteiger partial charge in [-0.2, -0.15) is 0 Å². The lowest BCUT2D eigenvalue weighted by molar-refractivity contribution is -0.384. The molecule has 0 saturated heterocycles. The van der Waals surface area contributed by atoms with E-state index in [4.69, 9.17) is 4.74 Å². The predicted molar refractivity (Wildman–Crippen MR) is 110 cm³/mol. The van der Waals surface area contributed by atoms with E-state index in [1.54, 1.807) is 25.3 Å². The quantitative estimate of drug-likeness (QED) is 0.362. The van der Waals surface area contributed by atoms with Crippen molar-refractivity contribution in [2.45, 2.75) is 6.92 Å². The van der Waals surface area contributed by atoms with Crippen LogP contribution in [0.1, 0.15) is 5.56 Å². The van der Waals surface area contributed by atoms with Crippen LogP contribution in [-0.4, -0.2) is 26.8 Å². The Bertz CT molecular complexity index is 1170. The molecule has 0 saturated carbocycles. The lowest BCUT2D eigenvalue weighted by atomic mass is 10.1. The fraction of sp³-hybridized carbons (Fsp3) is 0.0909. The monoisotopic (exact) mass is 386 g/mol. The normalized spacial score (nSPS) is 10.7.